The number of halogens is 1. The van der Waals surface area contributed by atoms with Crippen molar-refractivity contribution in [1.82, 2.24) is 35.4 Å². The van der Waals surface area contributed by atoms with E-state index in [0.717, 1.165) is 17.7 Å². The van der Waals surface area contributed by atoms with E-state index in [2.05, 4.69) is 25.7 Å². The van der Waals surface area contributed by atoms with Gasteiger partial charge in [-0.3, -0.25) is 9.78 Å². The summed E-state index contributed by atoms with van der Waals surface area (Å²) < 4.78 is 0. The van der Waals surface area contributed by atoms with E-state index in [1.54, 1.807) is 24.5 Å². The van der Waals surface area contributed by atoms with E-state index in [1.807, 2.05) is 29.2 Å². The molecule has 1 aliphatic rings. The number of pyridine rings is 1. The van der Waals surface area contributed by atoms with Crippen LogP contribution >= 0.6 is 11.6 Å². The maximum absolute atomic E-state index is 12.9. The lowest BCUT2D eigenvalue weighted by Crippen LogP contribution is -2.49. The number of nitrogens with zero attached hydrogens (tertiary/aromatic N) is 6. The predicted molar refractivity (Wildman–Crippen MR) is 99.8 cm³/mol. The Balaban J connectivity index is 1.49. The van der Waals surface area contributed by atoms with Crippen LogP contribution in [0.3, 0.4) is 0 Å². The molecule has 1 saturated heterocycles. The summed E-state index contributed by atoms with van der Waals surface area (Å²) in [5.41, 5.74) is 1.81. The molecule has 1 atom stereocenters. The van der Waals surface area contributed by atoms with Gasteiger partial charge in [0, 0.05) is 42.6 Å². The van der Waals surface area contributed by atoms with Crippen LogP contribution < -0.4 is 5.32 Å². The third kappa shape index (κ3) is 3.96. The second-order valence-corrected chi connectivity index (χ2v) is 6.68. The van der Waals surface area contributed by atoms with Crippen LogP contribution in [0.25, 0.3) is 11.4 Å². The van der Waals surface area contributed by atoms with Gasteiger partial charge in [-0.1, -0.05) is 17.7 Å². The Morgan fingerprint density at radius 2 is 2.11 bits per heavy atom. The molecule has 1 aliphatic heterocycles. The van der Waals surface area contributed by atoms with Gasteiger partial charge in [0.1, 0.15) is 6.54 Å². The van der Waals surface area contributed by atoms with E-state index in [-0.39, 0.29) is 18.5 Å². The van der Waals surface area contributed by atoms with E-state index in [0.29, 0.717) is 23.9 Å². The monoisotopic (exact) mass is 383 g/mol. The molecule has 1 unspecified atom stereocenters. The van der Waals surface area contributed by atoms with Crippen molar-refractivity contribution in [2.75, 3.05) is 19.6 Å². The summed E-state index contributed by atoms with van der Waals surface area (Å²) in [6.07, 6.45) is 3.52. The van der Waals surface area contributed by atoms with E-state index < -0.39 is 0 Å². The van der Waals surface area contributed by atoms with Gasteiger partial charge in [0.05, 0.1) is 6.04 Å². The summed E-state index contributed by atoms with van der Waals surface area (Å²) in [7, 11) is 0. The average Bonchev–Trinajstić information content (AvgIpc) is 3.17. The van der Waals surface area contributed by atoms with E-state index >= 15 is 0 Å². The number of hydrogen-bond donors (Lipinski definition) is 1. The summed E-state index contributed by atoms with van der Waals surface area (Å²) >= 11 is 5.90. The van der Waals surface area contributed by atoms with Crippen LogP contribution in [0.1, 0.15) is 11.6 Å². The number of hydrogen-bond acceptors (Lipinski definition) is 6. The first-order valence-electron chi connectivity index (χ1n) is 8.64. The zero-order valence-corrected chi connectivity index (χ0v) is 15.3. The minimum absolute atomic E-state index is 0.0390. The molecule has 2 aromatic heterocycles. The molecular weight excluding hydrogens is 366 g/mol. The molecule has 1 fully saturated rings. The normalized spacial score (nSPS) is 17.1. The highest BCUT2D eigenvalue weighted by Crippen LogP contribution is 2.22. The summed E-state index contributed by atoms with van der Waals surface area (Å²) in [4.78, 5) is 20.2. The van der Waals surface area contributed by atoms with Crippen molar-refractivity contribution in [3.8, 4) is 11.4 Å². The number of tetrazole rings is 1. The first-order chi connectivity index (χ1) is 13.2. The predicted octanol–water partition coefficient (Wildman–Crippen LogP) is 1.56. The molecule has 0 bridgehead atoms. The smallest absolute Gasteiger partial charge is 0.246 e. The quantitative estimate of drug-likeness (QED) is 0.735. The average molecular weight is 384 g/mol. The molecule has 1 aromatic carbocycles. The molecule has 0 saturated carbocycles. The highest BCUT2D eigenvalue weighted by Gasteiger charge is 2.28. The Morgan fingerprint density at radius 3 is 2.89 bits per heavy atom. The largest absolute Gasteiger partial charge is 0.331 e. The van der Waals surface area contributed by atoms with Crippen LogP contribution in [0.4, 0.5) is 0 Å². The molecule has 3 heterocycles. The van der Waals surface area contributed by atoms with Crippen molar-refractivity contribution in [3.63, 3.8) is 0 Å². The van der Waals surface area contributed by atoms with Crippen LogP contribution in [0, 0.1) is 0 Å². The van der Waals surface area contributed by atoms with Gasteiger partial charge >= 0.3 is 0 Å². The molecule has 0 aliphatic carbocycles. The maximum Gasteiger partial charge on any atom is 0.246 e. The molecule has 9 heteroatoms. The van der Waals surface area contributed by atoms with E-state index in [9.17, 15) is 4.79 Å². The first kappa shape index (κ1) is 17.6. The van der Waals surface area contributed by atoms with Gasteiger partial charge in [0.15, 0.2) is 0 Å². The fourth-order valence-electron chi connectivity index (χ4n) is 3.11. The lowest BCUT2D eigenvalue weighted by atomic mass is 10.1. The van der Waals surface area contributed by atoms with Crippen molar-refractivity contribution >= 4 is 17.5 Å². The number of carbonyl (C=O) groups is 1. The molecule has 1 amide bonds. The molecular formula is C18H18ClN7O. The molecule has 4 rings (SSSR count). The molecule has 27 heavy (non-hydrogen) atoms. The number of nitrogens with one attached hydrogen (secondary N) is 1. The van der Waals surface area contributed by atoms with E-state index in [1.165, 1.54) is 4.80 Å². The first-order valence-corrected chi connectivity index (χ1v) is 9.02. The Kier molecular flexibility index (Phi) is 5.08. The molecule has 3 aromatic rings. The lowest BCUT2D eigenvalue weighted by Gasteiger charge is -2.36. The van der Waals surface area contributed by atoms with Crippen LogP contribution in [0.5, 0.6) is 0 Å². The van der Waals surface area contributed by atoms with Crippen LogP contribution in [-0.4, -0.2) is 55.6 Å². The summed E-state index contributed by atoms with van der Waals surface area (Å²) in [5, 5.41) is 16.3. The second kappa shape index (κ2) is 7.81. The van der Waals surface area contributed by atoms with Gasteiger partial charge in [-0.05, 0) is 41.1 Å². The highest BCUT2D eigenvalue weighted by atomic mass is 35.5. The molecule has 0 radical (unpaired) electrons. The third-order valence-electron chi connectivity index (χ3n) is 4.46. The number of amides is 1. The lowest BCUT2D eigenvalue weighted by molar-refractivity contribution is -0.135. The molecule has 8 nitrogen and oxygen atoms in total. The van der Waals surface area contributed by atoms with Crippen LogP contribution in [0.15, 0.2) is 48.8 Å². The van der Waals surface area contributed by atoms with E-state index in [4.69, 9.17) is 11.6 Å². The SMILES string of the molecule is O=C(Cn1nnc(-c2ccc(Cl)cc2)n1)N1CCNCC1c1cccnc1. The number of rotatable bonds is 4. The van der Waals surface area contributed by atoms with Crippen molar-refractivity contribution in [2.45, 2.75) is 12.6 Å². The Labute approximate surface area is 161 Å². The van der Waals surface area contributed by atoms with Gasteiger partial charge in [0.2, 0.25) is 11.7 Å². The summed E-state index contributed by atoms with van der Waals surface area (Å²) in [6.45, 7) is 2.11. The zero-order valence-electron chi connectivity index (χ0n) is 14.5. The fraction of sp³-hybridized carbons (Fsp3) is 0.278. The van der Waals surface area contributed by atoms with Crippen molar-refractivity contribution in [3.05, 3.63) is 59.4 Å². The van der Waals surface area contributed by atoms with Gasteiger partial charge in [-0.2, -0.15) is 4.80 Å². The number of aromatic nitrogens is 5. The van der Waals surface area contributed by atoms with Crippen molar-refractivity contribution in [2.24, 2.45) is 0 Å². The highest BCUT2D eigenvalue weighted by molar-refractivity contribution is 6.30. The maximum atomic E-state index is 12.9. The number of benzene rings is 1. The van der Waals surface area contributed by atoms with Gasteiger partial charge < -0.3 is 10.2 Å². The van der Waals surface area contributed by atoms with Gasteiger partial charge in [-0.15, -0.1) is 10.2 Å². The third-order valence-corrected chi connectivity index (χ3v) is 4.72. The summed E-state index contributed by atoms with van der Waals surface area (Å²) in [6, 6.07) is 11.0. The Hall–Kier alpha value is -2.84. The summed E-state index contributed by atoms with van der Waals surface area (Å²) in [5.74, 6) is 0.411. The molecule has 0 spiro atoms. The Bertz CT molecular complexity index is 913. The topological polar surface area (TPSA) is 88.8 Å². The fourth-order valence-corrected chi connectivity index (χ4v) is 3.24. The minimum Gasteiger partial charge on any atom is -0.331 e. The van der Waals surface area contributed by atoms with Crippen LogP contribution in [-0.2, 0) is 11.3 Å². The van der Waals surface area contributed by atoms with Crippen molar-refractivity contribution in [1.29, 1.82) is 0 Å². The molecule has 138 valence electrons. The Morgan fingerprint density at radius 1 is 1.26 bits per heavy atom. The van der Waals surface area contributed by atoms with Gasteiger partial charge in [0.25, 0.3) is 0 Å². The zero-order chi connectivity index (χ0) is 18.6. The number of piperazine rings is 1. The van der Waals surface area contributed by atoms with Gasteiger partial charge in [-0.25, -0.2) is 0 Å². The van der Waals surface area contributed by atoms with Crippen molar-refractivity contribution < 1.29 is 4.79 Å². The van der Waals surface area contributed by atoms with Crippen LogP contribution in [0.2, 0.25) is 5.02 Å². The minimum atomic E-state index is -0.0563. The number of carbonyl (C=O) groups excluding carboxylic acids is 1. The molecule has 1 N–H and O–H groups in total. The standard InChI is InChI=1S/C18H18ClN7O/c19-15-5-3-13(4-6-15)18-22-24-26(23-18)12-17(27)25-9-8-21-11-16(25)14-2-1-7-20-10-14/h1-7,10,16,21H,8-9,11-12H2. The second-order valence-electron chi connectivity index (χ2n) is 6.24.